The summed E-state index contributed by atoms with van der Waals surface area (Å²) in [5.41, 5.74) is 12.2. The number of anilines is 1. The first kappa shape index (κ1) is 40.1. The van der Waals surface area contributed by atoms with Crippen LogP contribution in [0.3, 0.4) is 0 Å². The number of carboxylic acids is 1. The maximum Gasteiger partial charge on any atom is 0.326 e. The smallest absolute Gasteiger partial charge is 0.326 e. The number of thiazole rings is 1. The molecule has 3 unspecified atom stereocenters. The van der Waals surface area contributed by atoms with Crippen molar-refractivity contribution in [3.05, 3.63) is 154 Å². The van der Waals surface area contributed by atoms with Crippen LogP contribution in [0.15, 0.2) is 119 Å². The first-order valence-corrected chi connectivity index (χ1v) is 21.3. The number of amides is 1. The minimum Gasteiger partial charge on any atom is -0.489 e. The summed E-state index contributed by atoms with van der Waals surface area (Å²) in [5.74, 6) is -0.478. The van der Waals surface area contributed by atoms with Gasteiger partial charge in [-0.15, -0.1) is 0 Å². The SMILES string of the molecule is Cc1nc(N)sc1S(=O)(=O)N1Cc2cc3c(cc2CC1C(=O)NC(Cc1ccc(-c2ccc(C#N)cc2)cc1)C(=O)O)OCC(c1ccc(OCc2ccccc2)cc1)O3. The molecule has 3 heterocycles. The Morgan fingerprint density at radius 2 is 1.65 bits per heavy atom. The molecule has 5 aromatic carbocycles. The van der Waals surface area contributed by atoms with E-state index in [2.05, 4.69) is 16.4 Å². The van der Waals surface area contributed by atoms with Gasteiger partial charge in [-0.2, -0.15) is 9.57 Å². The monoisotopic (exact) mass is 841 g/mol. The van der Waals surface area contributed by atoms with Crippen LogP contribution >= 0.6 is 11.3 Å². The number of benzene rings is 5. The lowest BCUT2D eigenvalue weighted by molar-refractivity contribution is -0.142. The van der Waals surface area contributed by atoms with Crippen molar-refractivity contribution in [2.75, 3.05) is 12.3 Å². The first-order chi connectivity index (χ1) is 28.9. The number of nitrogens with zero attached hydrogens (tertiary/aromatic N) is 3. The average molecular weight is 842 g/mol. The van der Waals surface area contributed by atoms with E-state index in [4.69, 9.17) is 25.2 Å². The van der Waals surface area contributed by atoms with E-state index in [1.165, 1.54) is 6.92 Å². The largest absolute Gasteiger partial charge is 0.489 e. The molecule has 60 heavy (non-hydrogen) atoms. The van der Waals surface area contributed by atoms with Gasteiger partial charge in [-0.1, -0.05) is 90.2 Å². The molecule has 6 aromatic rings. The number of nitrogens with two attached hydrogens (primary N) is 1. The summed E-state index contributed by atoms with van der Waals surface area (Å²) >= 11 is 0.799. The Morgan fingerprint density at radius 1 is 0.967 bits per heavy atom. The van der Waals surface area contributed by atoms with Crippen molar-refractivity contribution in [1.29, 1.82) is 5.26 Å². The first-order valence-electron chi connectivity index (χ1n) is 19.0. The van der Waals surface area contributed by atoms with Gasteiger partial charge in [-0.25, -0.2) is 18.2 Å². The number of rotatable bonds is 12. The van der Waals surface area contributed by atoms with Crippen LogP contribution in [0.25, 0.3) is 11.1 Å². The number of carbonyl (C=O) groups excluding carboxylic acids is 1. The van der Waals surface area contributed by atoms with Crippen LogP contribution in [0.1, 0.15) is 45.2 Å². The summed E-state index contributed by atoms with van der Waals surface area (Å²) in [7, 11) is -4.36. The van der Waals surface area contributed by atoms with Crippen molar-refractivity contribution < 1.29 is 37.3 Å². The van der Waals surface area contributed by atoms with E-state index >= 15 is 0 Å². The normalized spacial score (nSPS) is 16.5. The van der Waals surface area contributed by atoms with E-state index < -0.39 is 40.1 Å². The molecular weight excluding hydrogens is 803 g/mol. The Balaban J connectivity index is 1.02. The van der Waals surface area contributed by atoms with Gasteiger partial charge in [-0.3, -0.25) is 4.79 Å². The van der Waals surface area contributed by atoms with E-state index in [9.17, 15) is 23.1 Å². The molecule has 0 fully saturated rings. The number of aryl methyl sites for hydroxylation is 1. The topological polar surface area (TPSA) is 194 Å². The molecule has 1 amide bonds. The second-order valence-electron chi connectivity index (χ2n) is 14.5. The fraction of sp³-hybridized carbons (Fsp3) is 0.200. The third kappa shape index (κ3) is 8.53. The molecule has 0 spiro atoms. The molecule has 13 nitrogen and oxygen atoms in total. The van der Waals surface area contributed by atoms with Gasteiger partial charge >= 0.3 is 5.97 Å². The molecule has 15 heteroatoms. The van der Waals surface area contributed by atoms with Crippen molar-refractivity contribution >= 4 is 38.4 Å². The summed E-state index contributed by atoms with van der Waals surface area (Å²) in [5, 5.41) is 22.1. The third-order valence-corrected chi connectivity index (χ3v) is 13.9. The summed E-state index contributed by atoms with van der Waals surface area (Å²) in [6.07, 6.45) is -0.578. The number of sulfonamides is 1. The Morgan fingerprint density at radius 3 is 2.30 bits per heavy atom. The zero-order chi connectivity index (χ0) is 42.0. The predicted octanol–water partition coefficient (Wildman–Crippen LogP) is 6.59. The summed E-state index contributed by atoms with van der Waals surface area (Å²) in [4.78, 5) is 30.9. The van der Waals surface area contributed by atoms with E-state index in [1.54, 1.807) is 36.4 Å². The van der Waals surface area contributed by atoms with E-state index in [0.717, 1.165) is 37.9 Å². The molecule has 4 N–H and O–H groups in total. The number of nitrogen functional groups attached to an aromatic ring is 1. The molecule has 0 radical (unpaired) electrons. The molecule has 0 bridgehead atoms. The van der Waals surface area contributed by atoms with Gasteiger partial charge in [0.05, 0.1) is 17.3 Å². The minimum absolute atomic E-state index is 0.0570. The molecule has 0 aliphatic carbocycles. The lowest BCUT2D eigenvalue weighted by Crippen LogP contribution is -2.55. The van der Waals surface area contributed by atoms with Gasteiger partial charge in [0.2, 0.25) is 5.91 Å². The Bertz CT molecular complexity index is 2700. The van der Waals surface area contributed by atoms with Crippen LogP contribution in [-0.4, -0.2) is 53.4 Å². The standard InChI is InChI=1S/C45H39N5O8S2/c1-27-44(59-45(47)48-27)60(54,55)50-24-35-22-40-39(57-26-41(58-40)33-15-17-36(18-16-33)56-25-30-5-3-2-4-6-30)21-34(35)20-38(50)42(51)49-37(43(52)53)19-28-7-11-31(12-8-28)32-13-9-29(23-46)10-14-32/h2-18,21-22,37-38,41H,19-20,24-26H2,1H3,(H2,47,48)(H,49,51)(H,52,53). The van der Waals surface area contributed by atoms with Crippen molar-refractivity contribution in [2.45, 2.75) is 55.3 Å². The zero-order valence-corrected chi connectivity index (χ0v) is 33.9. The van der Waals surface area contributed by atoms with Crippen molar-refractivity contribution in [3.63, 3.8) is 0 Å². The quantitative estimate of drug-likeness (QED) is 0.120. The van der Waals surface area contributed by atoms with Gasteiger partial charge in [0.15, 0.2) is 26.9 Å². The van der Waals surface area contributed by atoms with Crippen LogP contribution in [0.2, 0.25) is 0 Å². The number of nitrogens with one attached hydrogen (secondary N) is 1. The Hall–Kier alpha value is -6.73. The summed E-state index contributed by atoms with van der Waals surface area (Å²) in [6, 6.07) is 34.6. The summed E-state index contributed by atoms with van der Waals surface area (Å²) < 4.78 is 48.3. The highest BCUT2D eigenvalue weighted by atomic mass is 32.2. The third-order valence-electron chi connectivity index (χ3n) is 10.5. The number of ether oxygens (including phenoxy) is 3. The number of fused-ring (bicyclic) bond motifs is 2. The fourth-order valence-electron chi connectivity index (χ4n) is 7.31. The zero-order valence-electron chi connectivity index (χ0n) is 32.3. The molecule has 1 aromatic heterocycles. The highest BCUT2D eigenvalue weighted by molar-refractivity contribution is 7.91. The minimum atomic E-state index is -4.36. The van der Waals surface area contributed by atoms with Gasteiger partial charge in [0.1, 0.15) is 31.0 Å². The number of nitriles is 1. The summed E-state index contributed by atoms with van der Waals surface area (Å²) in [6.45, 7) is 1.96. The van der Waals surface area contributed by atoms with Gasteiger partial charge in [0, 0.05) is 13.0 Å². The fourth-order valence-corrected chi connectivity index (χ4v) is 10.3. The van der Waals surface area contributed by atoms with E-state index in [-0.39, 0.29) is 41.0 Å². The van der Waals surface area contributed by atoms with Gasteiger partial charge < -0.3 is 30.4 Å². The average Bonchev–Trinajstić information content (AvgIpc) is 3.62. The van der Waals surface area contributed by atoms with E-state index in [0.29, 0.717) is 46.1 Å². The van der Waals surface area contributed by atoms with Gasteiger partial charge in [-0.05, 0) is 88.7 Å². The number of carboxylic acid groups (broad SMARTS) is 1. The van der Waals surface area contributed by atoms with Crippen LogP contribution in [0.5, 0.6) is 17.2 Å². The van der Waals surface area contributed by atoms with Crippen molar-refractivity contribution in [2.24, 2.45) is 0 Å². The van der Waals surface area contributed by atoms with Crippen LogP contribution in [-0.2, 0) is 45.6 Å². The predicted molar refractivity (Wildman–Crippen MR) is 224 cm³/mol. The maximum absolute atomic E-state index is 14.4. The molecular formula is C45H39N5O8S2. The number of hydrogen-bond acceptors (Lipinski definition) is 11. The molecule has 2 aliphatic heterocycles. The Kier molecular flexibility index (Phi) is 11.3. The maximum atomic E-state index is 14.4. The Labute approximate surface area is 350 Å². The van der Waals surface area contributed by atoms with Crippen LogP contribution in [0.4, 0.5) is 5.13 Å². The number of hydrogen-bond donors (Lipinski definition) is 3. The van der Waals surface area contributed by atoms with Crippen molar-refractivity contribution in [3.8, 4) is 34.4 Å². The molecule has 8 rings (SSSR count). The number of aliphatic carboxylic acids is 1. The van der Waals surface area contributed by atoms with Crippen molar-refractivity contribution in [1.82, 2.24) is 14.6 Å². The highest BCUT2D eigenvalue weighted by Crippen LogP contribution is 2.42. The molecule has 0 saturated carbocycles. The lowest BCUT2D eigenvalue weighted by Gasteiger charge is -2.36. The van der Waals surface area contributed by atoms with Gasteiger partial charge in [0.25, 0.3) is 10.0 Å². The highest BCUT2D eigenvalue weighted by Gasteiger charge is 2.43. The van der Waals surface area contributed by atoms with Crippen LogP contribution < -0.4 is 25.3 Å². The van der Waals surface area contributed by atoms with E-state index in [1.807, 2.05) is 78.9 Å². The second kappa shape index (κ2) is 16.9. The lowest BCUT2D eigenvalue weighted by atomic mass is 9.94. The molecule has 0 saturated heterocycles. The molecule has 3 atom stereocenters. The molecule has 304 valence electrons. The van der Waals surface area contributed by atoms with Crippen LogP contribution in [0, 0.1) is 18.3 Å². The number of aromatic nitrogens is 1. The molecule has 2 aliphatic rings. The number of carbonyl (C=O) groups is 2. The second-order valence-corrected chi connectivity index (χ2v) is 17.6.